The van der Waals surface area contributed by atoms with Crippen LogP contribution in [0, 0.1) is 0 Å². The van der Waals surface area contributed by atoms with Crippen molar-refractivity contribution in [1.29, 1.82) is 0 Å². The number of hydrogen-bond acceptors (Lipinski definition) is 6. The summed E-state index contributed by atoms with van der Waals surface area (Å²) in [5.41, 5.74) is 2.85. The maximum atomic E-state index is 5.81. The van der Waals surface area contributed by atoms with Crippen molar-refractivity contribution in [2.75, 3.05) is 13.7 Å². The van der Waals surface area contributed by atoms with Crippen molar-refractivity contribution in [1.82, 2.24) is 14.9 Å². The zero-order valence-electron chi connectivity index (χ0n) is 15.4. The number of aromatic nitrogens is 3. The lowest BCUT2D eigenvalue weighted by Gasteiger charge is -2.21. The molecular formula is C20H20N4O2S. The molecule has 4 rings (SSSR count). The van der Waals surface area contributed by atoms with E-state index in [1.165, 1.54) is 0 Å². The van der Waals surface area contributed by atoms with Gasteiger partial charge in [-0.05, 0) is 38.1 Å². The molecule has 1 aliphatic heterocycles. The van der Waals surface area contributed by atoms with Crippen LogP contribution in [0.3, 0.4) is 0 Å². The van der Waals surface area contributed by atoms with Gasteiger partial charge in [0.05, 0.1) is 24.7 Å². The molecule has 138 valence electrons. The Kier molecular flexibility index (Phi) is 4.85. The Morgan fingerprint density at radius 2 is 1.96 bits per heavy atom. The van der Waals surface area contributed by atoms with E-state index in [-0.39, 0.29) is 5.25 Å². The predicted octanol–water partition coefficient (Wildman–Crippen LogP) is 4.10. The van der Waals surface area contributed by atoms with Crippen LogP contribution < -0.4 is 9.47 Å². The maximum absolute atomic E-state index is 5.81. The quantitative estimate of drug-likeness (QED) is 0.667. The summed E-state index contributed by atoms with van der Waals surface area (Å²) in [6.45, 7) is 4.71. The number of rotatable bonds is 5. The second-order valence-corrected chi connectivity index (χ2v) is 7.33. The van der Waals surface area contributed by atoms with Crippen molar-refractivity contribution in [3.05, 3.63) is 54.1 Å². The van der Waals surface area contributed by atoms with E-state index in [0.717, 1.165) is 33.5 Å². The Morgan fingerprint density at radius 3 is 2.78 bits per heavy atom. The van der Waals surface area contributed by atoms with Crippen LogP contribution in [0.4, 0.5) is 0 Å². The average molecular weight is 380 g/mol. The molecule has 27 heavy (non-hydrogen) atoms. The van der Waals surface area contributed by atoms with Gasteiger partial charge >= 0.3 is 0 Å². The van der Waals surface area contributed by atoms with Gasteiger partial charge in [-0.2, -0.15) is 9.78 Å². The number of ether oxygens (including phenoxy) is 2. The second-order valence-electron chi connectivity index (χ2n) is 6.02. The molecule has 0 N–H and O–H groups in total. The minimum absolute atomic E-state index is 0.140. The maximum Gasteiger partial charge on any atom is 0.213 e. The van der Waals surface area contributed by atoms with Gasteiger partial charge < -0.3 is 9.47 Å². The number of benzene rings is 2. The second kappa shape index (κ2) is 7.44. The summed E-state index contributed by atoms with van der Waals surface area (Å²) in [6, 6.07) is 15.7. The van der Waals surface area contributed by atoms with E-state index in [0.29, 0.717) is 12.4 Å². The zero-order chi connectivity index (χ0) is 18.8. The third-order valence-electron chi connectivity index (χ3n) is 4.28. The highest BCUT2D eigenvalue weighted by atomic mass is 32.2. The number of methoxy groups -OCH3 is 1. The Hall–Kier alpha value is -2.80. The third kappa shape index (κ3) is 3.30. The van der Waals surface area contributed by atoms with Crippen LogP contribution in [0.2, 0.25) is 0 Å². The molecular weight excluding hydrogens is 360 g/mol. The molecule has 3 aromatic rings. The summed E-state index contributed by atoms with van der Waals surface area (Å²) < 4.78 is 12.9. The minimum Gasteiger partial charge on any atom is -0.497 e. The first-order chi connectivity index (χ1) is 13.2. The molecule has 0 bridgehead atoms. The van der Waals surface area contributed by atoms with E-state index in [1.54, 1.807) is 23.5 Å². The van der Waals surface area contributed by atoms with E-state index < -0.39 is 0 Å². The fourth-order valence-corrected chi connectivity index (χ4v) is 3.92. The van der Waals surface area contributed by atoms with Crippen molar-refractivity contribution in [3.8, 4) is 22.9 Å². The van der Waals surface area contributed by atoms with Crippen molar-refractivity contribution in [2.24, 2.45) is 5.10 Å². The first-order valence-electron chi connectivity index (χ1n) is 8.78. The van der Waals surface area contributed by atoms with Crippen LogP contribution in [0.25, 0.3) is 11.4 Å². The largest absolute Gasteiger partial charge is 0.497 e. The average Bonchev–Trinajstić information content (AvgIpc) is 3.11. The number of hydrogen-bond donors (Lipinski definition) is 0. The van der Waals surface area contributed by atoms with E-state index >= 15 is 0 Å². The lowest BCUT2D eigenvalue weighted by molar-refractivity contribution is 0.339. The molecule has 0 radical (unpaired) electrons. The van der Waals surface area contributed by atoms with Gasteiger partial charge in [-0.25, -0.2) is 0 Å². The van der Waals surface area contributed by atoms with Crippen LogP contribution in [-0.4, -0.2) is 39.6 Å². The van der Waals surface area contributed by atoms with E-state index in [9.17, 15) is 0 Å². The molecule has 2 aromatic carbocycles. The van der Waals surface area contributed by atoms with Gasteiger partial charge in [0.2, 0.25) is 5.16 Å². The Balaban J connectivity index is 1.82. The van der Waals surface area contributed by atoms with Crippen LogP contribution in [0.1, 0.15) is 19.4 Å². The van der Waals surface area contributed by atoms with Gasteiger partial charge in [0.25, 0.3) is 0 Å². The standard InChI is InChI=1S/C20H20N4O2S/c1-4-26-17-11-6-5-10-16(17)18-13(2)27-20-22-21-19(24(20)23-18)14-8-7-9-15(12-14)25-3/h5-13H,4H2,1-3H3/t13-/m0/s1. The summed E-state index contributed by atoms with van der Waals surface area (Å²) in [5, 5.41) is 14.5. The van der Waals surface area contributed by atoms with Gasteiger partial charge in [-0.15, -0.1) is 10.2 Å². The molecule has 1 aromatic heterocycles. The normalized spacial score (nSPS) is 15.8. The Morgan fingerprint density at radius 1 is 1.11 bits per heavy atom. The highest BCUT2D eigenvalue weighted by Gasteiger charge is 2.27. The minimum atomic E-state index is 0.140. The number of thioether (sulfide) groups is 1. The van der Waals surface area contributed by atoms with Gasteiger partial charge in [-0.1, -0.05) is 36.0 Å². The van der Waals surface area contributed by atoms with E-state index in [1.807, 2.05) is 55.5 Å². The summed E-state index contributed by atoms with van der Waals surface area (Å²) in [5.74, 6) is 2.30. The molecule has 1 aliphatic rings. The van der Waals surface area contributed by atoms with Crippen molar-refractivity contribution < 1.29 is 9.47 Å². The third-order valence-corrected chi connectivity index (χ3v) is 5.32. The summed E-state index contributed by atoms with van der Waals surface area (Å²) >= 11 is 1.64. The SMILES string of the molecule is CCOc1ccccc1C1=Nn2c(nnc2-c2cccc(OC)c2)S[C@H]1C. The molecule has 0 spiro atoms. The Bertz CT molecular complexity index is 999. The number of nitrogens with zero attached hydrogens (tertiary/aromatic N) is 4. The fraction of sp³-hybridized carbons (Fsp3) is 0.250. The number of fused-ring (bicyclic) bond motifs is 1. The number of para-hydroxylation sites is 1. The molecule has 0 saturated carbocycles. The van der Waals surface area contributed by atoms with Gasteiger partial charge in [0.15, 0.2) is 5.82 Å². The summed E-state index contributed by atoms with van der Waals surface area (Å²) in [6.07, 6.45) is 0. The van der Waals surface area contributed by atoms with E-state index in [4.69, 9.17) is 14.6 Å². The van der Waals surface area contributed by atoms with Crippen LogP contribution in [0.5, 0.6) is 11.5 Å². The Labute approximate surface area is 162 Å². The lowest BCUT2D eigenvalue weighted by atomic mass is 10.1. The highest BCUT2D eigenvalue weighted by molar-refractivity contribution is 8.00. The molecule has 0 aliphatic carbocycles. The van der Waals surface area contributed by atoms with Crippen molar-refractivity contribution >= 4 is 17.5 Å². The van der Waals surface area contributed by atoms with E-state index in [2.05, 4.69) is 17.1 Å². The molecule has 0 fully saturated rings. The molecule has 0 amide bonds. The molecule has 1 atom stereocenters. The lowest BCUT2D eigenvalue weighted by Crippen LogP contribution is -2.22. The predicted molar refractivity (Wildman–Crippen MR) is 107 cm³/mol. The van der Waals surface area contributed by atoms with Crippen LogP contribution in [0.15, 0.2) is 58.8 Å². The van der Waals surface area contributed by atoms with Gasteiger partial charge in [0.1, 0.15) is 11.5 Å². The molecule has 0 saturated heterocycles. The van der Waals surface area contributed by atoms with Crippen LogP contribution >= 0.6 is 11.8 Å². The van der Waals surface area contributed by atoms with Gasteiger partial charge in [0, 0.05) is 11.1 Å². The molecule has 7 heteroatoms. The topological polar surface area (TPSA) is 61.5 Å². The molecule has 2 heterocycles. The smallest absolute Gasteiger partial charge is 0.213 e. The monoisotopic (exact) mass is 380 g/mol. The van der Waals surface area contributed by atoms with Gasteiger partial charge in [-0.3, -0.25) is 0 Å². The molecule has 6 nitrogen and oxygen atoms in total. The molecule has 0 unspecified atom stereocenters. The zero-order valence-corrected chi connectivity index (χ0v) is 16.2. The van der Waals surface area contributed by atoms with Crippen LogP contribution in [-0.2, 0) is 0 Å². The highest BCUT2D eigenvalue weighted by Crippen LogP contribution is 2.35. The summed E-state index contributed by atoms with van der Waals surface area (Å²) in [7, 11) is 1.65. The summed E-state index contributed by atoms with van der Waals surface area (Å²) in [4.78, 5) is 0. The first kappa shape index (κ1) is 17.6. The first-order valence-corrected chi connectivity index (χ1v) is 9.66. The van der Waals surface area contributed by atoms with Crippen molar-refractivity contribution in [3.63, 3.8) is 0 Å². The fourth-order valence-electron chi connectivity index (χ4n) is 3.01. The van der Waals surface area contributed by atoms with Crippen molar-refractivity contribution in [2.45, 2.75) is 24.3 Å².